The first-order valence-electron chi connectivity index (χ1n) is 4.59. The zero-order valence-corrected chi connectivity index (χ0v) is 8.24. The van der Waals surface area contributed by atoms with Gasteiger partial charge in [0.1, 0.15) is 5.82 Å². The molecule has 16 heavy (non-hydrogen) atoms. The number of halogens is 2. The van der Waals surface area contributed by atoms with Gasteiger partial charge < -0.3 is 11.1 Å². The average molecular weight is 221 g/mol. The Kier molecular flexibility index (Phi) is 2.68. The molecule has 0 fully saturated rings. The molecular weight excluding hydrogens is 212 g/mol. The van der Waals surface area contributed by atoms with Gasteiger partial charge in [0.25, 0.3) is 0 Å². The SMILES string of the molecule is Nc1ccc(Nc2ccc(F)c(F)c2)cn1. The van der Waals surface area contributed by atoms with Crippen LogP contribution in [0.15, 0.2) is 36.5 Å². The van der Waals surface area contributed by atoms with Gasteiger partial charge in [0, 0.05) is 11.8 Å². The summed E-state index contributed by atoms with van der Waals surface area (Å²) in [7, 11) is 0. The lowest BCUT2D eigenvalue weighted by Gasteiger charge is -2.06. The fraction of sp³-hybridized carbons (Fsp3) is 0. The fourth-order valence-corrected chi connectivity index (χ4v) is 1.22. The zero-order chi connectivity index (χ0) is 11.5. The van der Waals surface area contributed by atoms with Crippen LogP contribution in [0.5, 0.6) is 0 Å². The smallest absolute Gasteiger partial charge is 0.160 e. The first kappa shape index (κ1) is 10.4. The van der Waals surface area contributed by atoms with Crippen LogP contribution >= 0.6 is 0 Å². The summed E-state index contributed by atoms with van der Waals surface area (Å²) in [6.07, 6.45) is 1.51. The van der Waals surface area contributed by atoms with Gasteiger partial charge >= 0.3 is 0 Å². The summed E-state index contributed by atoms with van der Waals surface area (Å²) < 4.78 is 25.6. The molecule has 0 bridgehead atoms. The third-order valence-electron chi connectivity index (χ3n) is 1.99. The van der Waals surface area contributed by atoms with E-state index in [0.29, 0.717) is 17.2 Å². The van der Waals surface area contributed by atoms with Crippen LogP contribution in [0, 0.1) is 11.6 Å². The maximum atomic E-state index is 12.9. The van der Waals surface area contributed by atoms with Gasteiger partial charge in [-0.2, -0.15) is 0 Å². The number of nitrogens with one attached hydrogen (secondary N) is 1. The van der Waals surface area contributed by atoms with Crippen molar-refractivity contribution >= 4 is 17.2 Å². The number of nitrogen functional groups attached to an aromatic ring is 1. The molecule has 0 unspecified atom stereocenters. The van der Waals surface area contributed by atoms with Gasteiger partial charge in [0.15, 0.2) is 11.6 Å². The molecule has 0 spiro atoms. The Morgan fingerprint density at radius 1 is 1.00 bits per heavy atom. The third kappa shape index (κ3) is 2.25. The molecule has 0 aliphatic heterocycles. The van der Waals surface area contributed by atoms with Gasteiger partial charge in [0.2, 0.25) is 0 Å². The number of hydrogen-bond donors (Lipinski definition) is 2. The number of rotatable bonds is 2. The lowest BCUT2D eigenvalue weighted by atomic mass is 10.3. The number of pyridine rings is 1. The van der Waals surface area contributed by atoms with Gasteiger partial charge in [-0.1, -0.05) is 0 Å². The third-order valence-corrected chi connectivity index (χ3v) is 1.99. The summed E-state index contributed by atoms with van der Waals surface area (Å²) in [4.78, 5) is 3.86. The number of anilines is 3. The number of nitrogens with two attached hydrogens (primary N) is 1. The highest BCUT2D eigenvalue weighted by atomic mass is 19.2. The van der Waals surface area contributed by atoms with Crippen LogP contribution in [0.2, 0.25) is 0 Å². The van der Waals surface area contributed by atoms with Crippen LogP contribution in [0.3, 0.4) is 0 Å². The lowest BCUT2D eigenvalue weighted by molar-refractivity contribution is 0.509. The quantitative estimate of drug-likeness (QED) is 0.819. The van der Waals surface area contributed by atoms with E-state index in [1.165, 1.54) is 12.3 Å². The molecule has 3 N–H and O–H groups in total. The summed E-state index contributed by atoms with van der Waals surface area (Å²) in [5.74, 6) is -1.37. The average Bonchev–Trinajstić information content (AvgIpc) is 2.27. The second-order valence-corrected chi connectivity index (χ2v) is 3.23. The van der Waals surface area contributed by atoms with Crippen molar-refractivity contribution in [3.63, 3.8) is 0 Å². The van der Waals surface area contributed by atoms with E-state index in [4.69, 9.17) is 5.73 Å². The number of nitrogens with zero attached hydrogens (tertiary/aromatic N) is 1. The number of hydrogen-bond acceptors (Lipinski definition) is 3. The van der Waals surface area contributed by atoms with Crippen molar-refractivity contribution < 1.29 is 8.78 Å². The summed E-state index contributed by atoms with van der Waals surface area (Å²) in [6.45, 7) is 0. The van der Waals surface area contributed by atoms with Crippen molar-refractivity contribution in [1.82, 2.24) is 4.98 Å². The summed E-state index contributed by atoms with van der Waals surface area (Å²) in [5, 5.41) is 2.87. The monoisotopic (exact) mass is 221 g/mol. The van der Waals surface area contributed by atoms with Crippen molar-refractivity contribution in [2.24, 2.45) is 0 Å². The van der Waals surface area contributed by atoms with E-state index in [1.54, 1.807) is 12.1 Å². The van der Waals surface area contributed by atoms with Crippen LogP contribution in [-0.4, -0.2) is 4.98 Å². The minimum atomic E-state index is -0.895. The fourth-order valence-electron chi connectivity index (χ4n) is 1.22. The lowest BCUT2D eigenvalue weighted by Crippen LogP contribution is -1.95. The normalized spacial score (nSPS) is 10.1. The molecule has 1 aromatic carbocycles. The Hall–Kier alpha value is -2.17. The molecule has 0 saturated heterocycles. The van der Waals surface area contributed by atoms with E-state index in [9.17, 15) is 8.78 Å². The van der Waals surface area contributed by atoms with E-state index in [0.717, 1.165) is 12.1 Å². The molecule has 1 heterocycles. The molecule has 0 radical (unpaired) electrons. The maximum absolute atomic E-state index is 12.9. The molecule has 2 aromatic rings. The van der Waals surface area contributed by atoms with E-state index >= 15 is 0 Å². The Labute approximate surface area is 90.9 Å². The topological polar surface area (TPSA) is 50.9 Å². The van der Waals surface area contributed by atoms with Gasteiger partial charge in [0.05, 0.1) is 11.9 Å². The van der Waals surface area contributed by atoms with Crippen molar-refractivity contribution in [3.8, 4) is 0 Å². The van der Waals surface area contributed by atoms with E-state index in [-0.39, 0.29) is 0 Å². The summed E-state index contributed by atoms with van der Waals surface area (Å²) in [6, 6.07) is 6.88. The molecule has 3 nitrogen and oxygen atoms in total. The second kappa shape index (κ2) is 4.14. The number of aromatic nitrogens is 1. The standard InChI is InChI=1S/C11H9F2N3/c12-9-3-1-7(5-10(9)13)16-8-2-4-11(14)15-6-8/h1-6,16H,(H2,14,15). The molecule has 0 amide bonds. The molecule has 5 heteroatoms. The molecule has 2 rings (SSSR count). The van der Waals surface area contributed by atoms with E-state index in [2.05, 4.69) is 10.3 Å². The van der Waals surface area contributed by atoms with Crippen molar-refractivity contribution in [2.75, 3.05) is 11.1 Å². The van der Waals surface area contributed by atoms with Gasteiger partial charge in [-0.15, -0.1) is 0 Å². The van der Waals surface area contributed by atoms with Crippen molar-refractivity contribution in [2.45, 2.75) is 0 Å². The molecule has 1 aromatic heterocycles. The molecule has 0 saturated carbocycles. The first-order chi connectivity index (χ1) is 7.65. The van der Waals surface area contributed by atoms with Gasteiger partial charge in [-0.05, 0) is 24.3 Å². The first-order valence-corrected chi connectivity index (χ1v) is 4.59. The summed E-state index contributed by atoms with van der Waals surface area (Å²) in [5.41, 5.74) is 6.52. The highest BCUT2D eigenvalue weighted by Gasteiger charge is 2.02. The maximum Gasteiger partial charge on any atom is 0.160 e. The zero-order valence-electron chi connectivity index (χ0n) is 8.24. The van der Waals surface area contributed by atoms with Crippen LogP contribution in [0.4, 0.5) is 26.0 Å². The van der Waals surface area contributed by atoms with Crippen molar-refractivity contribution in [3.05, 3.63) is 48.2 Å². The second-order valence-electron chi connectivity index (χ2n) is 3.23. The van der Waals surface area contributed by atoms with Gasteiger partial charge in [-0.3, -0.25) is 0 Å². The van der Waals surface area contributed by atoms with Gasteiger partial charge in [-0.25, -0.2) is 13.8 Å². The Morgan fingerprint density at radius 3 is 2.38 bits per heavy atom. The molecule has 0 aliphatic carbocycles. The highest BCUT2D eigenvalue weighted by molar-refractivity contribution is 5.59. The largest absolute Gasteiger partial charge is 0.384 e. The Balaban J connectivity index is 2.20. The summed E-state index contributed by atoms with van der Waals surface area (Å²) >= 11 is 0. The van der Waals surface area contributed by atoms with E-state index < -0.39 is 11.6 Å². The molecule has 0 atom stereocenters. The Morgan fingerprint density at radius 2 is 1.75 bits per heavy atom. The minimum Gasteiger partial charge on any atom is -0.384 e. The molecule has 82 valence electrons. The van der Waals surface area contributed by atoms with Crippen LogP contribution in [0.1, 0.15) is 0 Å². The number of benzene rings is 1. The predicted octanol–water partition coefficient (Wildman–Crippen LogP) is 2.69. The van der Waals surface area contributed by atoms with Crippen molar-refractivity contribution in [1.29, 1.82) is 0 Å². The molecular formula is C11H9F2N3. The Bertz CT molecular complexity index is 497. The molecule has 0 aliphatic rings. The predicted molar refractivity (Wildman–Crippen MR) is 58.3 cm³/mol. The van der Waals surface area contributed by atoms with Crippen LogP contribution in [-0.2, 0) is 0 Å². The van der Waals surface area contributed by atoms with Crippen LogP contribution < -0.4 is 11.1 Å². The van der Waals surface area contributed by atoms with Crippen LogP contribution in [0.25, 0.3) is 0 Å². The minimum absolute atomic E-state index is 0.399. The highest BCUT2D eigenvalue weighted by Crippen LogP contribution is 2.18. The van der Waals surface area contributed by atoms with E-state index in [1.807, 2.05) is 0 Å².